The summed E-state index contributed by atoms with van der Waals surface area (Å²) in [6, 6.07) is 9.70. The summed E-state index contributed by atoms with van der Waals surface area (Å²) in [5.74, 6) is 0.257. The highest BCUT2D eigenvalue weighted by atomic mass is 19.1. The van der Waals surface area contributed by atoms with E-state index in [1.54, 1.807) is 64.6 Å². The lowest BCUT2D eigenvalue weighted by Crippen LogP contribution is -2.35. The van der Waals surface area contributed by atoms with E-state index in [0.29, 0.717) is 54.1 Å². The first-order valence-electron chi connectivity index (χ1n) is 14.0. The Kier molecular flexibility index (Phi) is 20.2. The molecule has 2 rings (SSSR count). The minimum atomic E-state index is -0.502. The number of benzene rings is 2. The molecule has 0 bridgehead atoms. The molecule has 0 aliphatic heterocycles. The Bertz CT molecular complexity index is 1070. The first-order chi connectivity index (χ1) is 19.6. The zero-order chi connectivity index (χ0) is 31.2. The number of halogens is 1. The molecule has 2 aromatic carbocycles. The molecule has 0 spiro atoms. The fraction of sp³-hybridized carbons (Fsp3) is 0.469. The highest BCUT2D eigenvalue weighted by Crippen LogP contribution is 2.33. The zero-order valence-corrected chi connectivity index (χ0v) is 26.0. The van der Waals surface area contributed by atoms with Crippen LogP contribution in [0.25, 0.3) is 5.70 Å². The van der Waals surface area contributed by atoms with Crippen molar-refractivity contribution in [3.8, 4) is 5.75 Å². The summed E-state index contributed by atoms with van der Waals surface area (Å²) >= 11 is 0. The molecule has 228 valence electrons. The Morgan fingerprint density at radius 3 is 2.07 bits per heavy atom. The number of ether oxygens (including phenoxy) is 2. The van der Waals surface area contributed by atoms with E-state index in [-0.39, 0.29) is 17.5 Å². The van der Waals surface area contributed by atoms with E-state index < -0.39 is 5.82 Å². The molecule has 2 aromatic rings. The second kappa shape index (κ2) is 22.2. The minimum Gasteiger partial charge on any atom is -0.491 e. The van der Waals surface area contributed by atoms with Crippen molar-refractivity contribution in [3.63, 3.8) is 0 Å². The molecule has 0 aromatic heterocycles. The van der Waals surface area contributed by atoms with Crippen LogP contribution in [0.1, 0.15) is 66.4 Å². The predicted molar refractivity (Wildman–Crippen MR) is 170 cm³/mol. The van der Waals surface area contributed by atoms with E-state index in [1.165, 1.54) is 18.9 Å². The molecular formula is C32H49FN4O4. The third kappa shape index (κ3) is 15.7. The number of aldehydes is 1. The molecule has 41 heavy (non-hydrogen) atoms. The summed E-state index contributed by atoms with van der Waals surface area (Å²) in [5, 5.41) is 8.78. The van der Waals surface area contributed by atoms with Gasteiger partial charge in [0.1, 0.15) is 24.5 Å². The first-order valence-corrected chi connectivity index (χ1v) is 14.0. The molecule has 1 amide bonds. The van der Waals surface area contributed by atoms with Gasteiger partial charge in [-0.2, -0.15) is 0 Å². The first kappa shape index (κ1) is 37.4. The molecule has 1 unspecified atom stereocenters. The second-order valence-corrected chi connectivity index (χ2v) is 9.50. The van der Waals surface area contributed by atoms with Gasteiger partial charge in [0, 0.05) is 48.9 Å². The van der Waals surface area contributed by atoms with Crippen LogP contribution in [0, 0.1) is 11.7 Å². The quantitative estimate of drug-likeness (QED) is 0.125. The van der Waals surface area contributed by atoms with E-state index >= 15 is 0 Å². The number of aliphatic imine (C=N–C) groups is 1. The number of likely N-dealkylation sites (N-methyl/N-ethyl adjacent to an activating group) is 1. The summed E-state index contributed by atoms with van der Waals surface area (Å²) in [6.45, 7) is 16.6. The summed E-state index contributed by atoms with van der Waals surface area (Å²) in [5.41, 5.74) is 2.34. The van der Waals surface area contributed by atoms with Gasteiger partial charge in [0.25, 0.3) is 0 Å². The minimum absolute atomic E-state index is 0.135. The SMILES string of the molecule is C=C(Nc1ccc(NC(=O)C(C)NC)cc1)c1c(F)cc(OCCOC)cc1N=CC.CC(C)CC=O.CCCC. The molecule has 8 nitrogen and oxygen atoms in total. The number of amides is 1. The van der Waals surface area contributed by atoms with Crippen LogP contribution in [0.2, 0.25) is 0 Å². The van der Waals surface area contributed by atoms with Crippen molar-refractivity contribution in [2.75, 3.05) is 38.0 Å². The number of methoxy groups -OCH3 is 1. The van der Waals surface area contributed by atoms with Crippen LogP contribution < -0.4 is 20.7 Å². The number of nitrogens with zero attached hydrogens (tertiary/aromatic N) is 1. The number of carbonyl (C=O) groups is 2. The Morgan fingerprint density at radius 2 is 1.63 bits per heavy atom. The molecule has 0 fully saturated rings. The summed E-state index contributed by atoms with van der Waals surface area (Å²) in [7, 11) is 3.29. The van der Waals surface area contributed by atoms with Crippen molar-refractivity contribution in [1.82, 2.24) is 5.32 Å². The predicted octanol–water partition coefficient (Wildman–Crippen LogP) is 7.24. The molecule has 0 heterocycles. The normalized spacial score (nSPS) is 11.1. The summed E-state index contributed by atoms with van der Waals surface area (Å²) in [4.78, 5) is 25.8. The maximum atomic E-state index is 14.9. The van der Waals surface area contributed by atoms with Gasteiger partial charge in [-0.3, -0.25) is 9.79 Å². The van der Waals surface area contributed by atoms with Gasteiger partial charge in [-0.25, -0.2) is 4.39 Å². The largest absolute Gasteiger partial charge is 0.491 e. The number of nitrogens with one attached hydrogen (secondary N) is 3. The lowest BCUT2D eigenvalue weighted by Gasteiger charge is -2.16. The van der Waals surface area contributed by atoms with Gasteiger partial charge < -0.3 is 30.2 Å². The number of anilines is 2. The van der Waals surface area contributed by atoms with Gasteiger partial charge in [0.05, 0.1) is 23.9 Å². The molecule has 0 aliphatic rings. The summed E-state index contributed by atoms with van der Waals surface area (Å²) in [6.07, 6.45) is 5.86. The van der Waals surface area contributed by atoms with Gasteiger partial charge in [-0.05, 0) is 51.1 Å². The average Bonchev–Trinajstić information content (AvgIpc) is 2.94. The number of unbranched alkanes of at least 4 members (excludes halogenated alkanes) is 1. The number of carbonyl (C=O) groups excluding carboxylic acids is 2. The second-order valence-electron chi connectivity index (χ2n) is 9.50. The van der Waals surface area contributed by atoms with Crippen molar-refractivity contribution in [2.45, 2.75) is 66.8 Å². The van der Waals surface area contributed by atoms with E-state index in [4.69, 9.17) is 9.47 Å². The van der Waals surface area contributed by atoms with E-state index in [0.717, 1.165) is 6.29 Å². The van der Waals surface area contributed by atoms with Crippen molar-refractivity contribution < 1.29 is 23.5 Å². The van der Waals surface area contributed by atoms with Crippen molar-refractivity contribution in [2.24, 2.45) is 10.9 Å². The van der Waals surface area contributed by atoms with Gasteiger partial charge in [-0.15, -0.1) is 0 Å². The van der Waals surface area contributed by atoms with Crippen LogP contribution in [0.4, 0.5) is 21.5 Å². The molecule has 1 atom stereocenters. The topological polar surface area (TPSA) is 101 Å². The van der Waals surface area contributed by atoms with Crippen molar-refractivity contribution in [3.05, 3.63) is 54.4 Å². The monoisotopic (exact) mass is 572 g/mol. The van der Waals surface area contributed by atoms with Crippen molar-refractivity contribution in [1.29, 1.82) is 0 Å². The van der Waals surface area contributed by atoms with Gasteiger partial charge in [0.2, 0.25) is 5.91 Å². The Labute approximate surface area is 245 Å². The Morgan fingerprint density at radius 1 is 1.05 bits per heavy atom. The maximum absolute atomic E-state index is 14.9. The number of hydrogen-bond acceptors (Lipinski definition) is 7. The highest BCUT2D eigenvalue weighted by Gasteiger charge is 2.15. The van der Waals surface area contributed by atoms with Gasteiger partial charge in [-0.1, -0.05) is 47.1 Å². The molecule has 0 saturated carbocycles. The zero-order valence-electron chi connectivity index (χ0n) is 26.0. The van der Waals surface area contributed by atoms with Crippen LogP contribution in [0.15, 0.2) is 48.0 Å². The van der Waals surface area contributed by atoms with Gasteiger partial charge >= 0.3 is 0 Å². The molecular weight excluding hydrogens is 523 g/mol. The van der Waals surface area contributed by atoms with Crippen LogP contribution in [0.3, 0.4) is 0 Å². The molecule has 3 N–H and O–H groups in total. The third-order valence-corrected chi connectivity index (χ3v) is 5.51. The van der Waals surface area contributed by atoms with Crippen LogP contribution >= 0.6 is 0 Å². The van der Waals surface area contributed by atoms with Gasteiger partial charge in [0.15, 0.2) is 0 Å². The molecule has 9 heteroatoms. The van der Waals surface area contributed by atoms with Crippen LogP contribution in [-0.2, 0) is 14.3 Å². The fourth-order valence-electron chi connectivity index (χ4n) is 2.88. The molecule has 0 saturated heterocycles. The Hall–Kier alpha value is -3.56. The van der Waals surface area contributed by atoms with Crippen LogP contribution in [0.5, 0.6) is 5.75 Å². The molecule has 0 radical (unpaired) electrons. The summed E-state index contributed by atoms with van der Waals surface area (Å²) < 4.78 is 25.3. The van der Waals surface area contributed by atoms with E-state index in [2.05, 4.69) is 41.4 Å². The smallest absolute Gasteiger partial charge is 0.241 e. The Balaban J connectivity index is 0.00000137. The molecule has 0 aliphatic carbocycles. The number of rotatable bonds is 14. The maximum Gasteiger partial charge on any atom is 0.241 e. The van der Waals surface area contributed by atoms with Crippen molar-refractivity contribution >= 4 is 41.2 Å². The third-order valence-electron chi connectivity index (χ3n) is 5.51. The lowest BCUT2D eigenvalue weighted by molar-refractivity contribution is -0.117. The highest BCUT2D eigenvalue weighted by molar-refractivity contribution is 5.94. The lowest BCUT2D eigenvalue weighted by atomic mass is 10.1. The number of hydrogen-bond donors (Lipinski definition) is 3. The van der Waals surface area contributed by atoms with Crippen LogP contribution in [-0.4, -0.2) is 51.8 Å². The average molecular weight is 573 g/mol. The fourth-order valence-corrected chi connectivity index (χ4v) is 2.88. The van der Waals surface area contributed by atoms with E-state index in [1.807, 2.05) is 13.8 Å². The van der Waals surface area contributed by atoms with E-state index in [9.17, 15) is 14.0 Å². The standard InChI is InChI=1S/C23H29FN4O3.C5H10O.C4H10/c1-6-26-21-14-19(31-12-11-30-5)13-20(24)22(21)15(2)27-17-7-9-18(10-8-17)28-23(29)16(3)25-4;1-5(2)3-4-6;1-3-4-2/h6-10,13-14,16,25,27H,2,11-12H2,1,3-5H3,(H,28,29);4-5H,3H2,1-2H3;3-4H2,1-2H3.